The molecule has 0 saturated heterocycles. The molecule has 0 bridgehead atoms. The zero-order valence-electron chi connectivity index (χ0n) is 15.1. The minimum absolute atomic E-state index is 0.159. The summed E-state index contributed by atoms with van der Waals surface area (Å²) in [4.78, 5) is 25.5. The second-order valence-electron chi connectivity index (χ2n) is 6.34. The van der Waals surface area contributed by atoms with E-state index in [9.17, 15) is 9.59 Å². The fourth-order valence-electron chi connectivity index (χ4n) is 2.83. The van der Waals surface area contributed by atoms with Crippen LogP contribution in [0.2, 0.25) is 0 Å². The van der Waals surface area contributed by atoms with Gasteiger partial charge in [0.1, 0.15) is 0 Å². The summed E-state index contributed by atoms with van der Waals surface area (Å²) < 4.78 is 1.71. The highest BCUT2D eigenvalue weighted by molar-refractivity contribution is 6.15. The van der Waals surface area contributed by atoms with Gasteiger partial charge in [-0.25, -0.2) is 0 Å². The topological polar surface area (TPSA) is 64.0 Å². The van der Waals surface area contributed by atoms with Crippen LogP contribution in [0.25, 0.3) is 0 Å². The first-order valence-corrected chi connectivity index (χ1v) is 8.43. The van der Waals surface area contributed by atoms with Crippen LogP contribution in [0.3, 0.4) is 0 Å². The first kappa shape index (κ1) is 17.6. The summed E-state index contributed by atoms with van der Waals surface area (Å²) in [5, 5.41) is 7.15. The minimum Gasteiger partial charge on any atom is -0.348 e. The normalized spacial score (nSPS) is 10.6. The maximum atomic E-state index is 12.8. The van der Waals surface area contributed by atoms with Crippen LogP contribution >= 0.6 is 0 Å². The van der Waals surface area contributed by atoms with Crippen molar-refractivity contribution in [3.63, 3.8) is 0 Å². The third-order valence-corrected chi connectivity index (χ3v) is 4.28. The molecule has 3 aromatic rings. The lowest BCUT2D eigenvalue weighted by molar-refractivity contribution is 0.0939. The highest BCUT2D eigenvalue weighted by Crippen LogP contribution is 2.16. The summed E-state index contributed by atoms with van der Waals surface area (Å²) >= 11 is 0. The second kappa shape index (κ2) is 7.35. The van der Waals surface area contributed by atoms with Gasteiger partial charge in [-0.15, -0.1) is 0 Å². The fourth-order valence-corrected chi connectivity index (χ4v) is 2.83. The van der Waals surface area contributed by atoms with E-state index in [1.807, 2.05) is 39.2 Å². The molecule has 132 valence electrons. The fraction of sp³-hybridized carbons (Fsp3) is 0.190. The Morgan fingerprint density at radius 3 is 2.27 bits per heavy atom. The molecule has 0 unspecified atom stereocenters. The number of amides is 1. The van der Waals surface area contributed by atoms with Crippen LogP contribution in [0.4, 0.5) is 0 Å². The molecule has 0 aliphatic rings. The quantitative estimate of drug-likeness (QED) is 0.721. The van der Waals surface area contributed by atoms with E-state index >= 15 is 0 Å². The average molecular weight is 347 g/mol. The van der Waals surface area contributed by atoms with E-state index in [1.54, 1.807) is 41.1 Å². The average Bonchev–Trinajstić information content (AvgIpc) is 2.97. The number of aromatic nitrogens is 2. The highest BCUT2D eigenvalue weighted by atomic mass is 16.2. The van der Waals surface area contributed by atoms with Crippen LogP contribution in [0.15, 0.2) is 54.7 Å². The van der Waals surface area contributed by atoms with Crippen molar-refractivity contribution in [3.05, 3.63) is 88.2 Å². The molecule has 5 nitrogen and oxygen atoms in total. The molecule has 26 heavy (non-hydrogen) atoms. The lowest BCUT2D eigenvalue weighted by Crippen LogP contribution is -2.25. The molecule has 3 rings (SSSR count). The number of nitrogens with one attached hydrogen (secondary N) is 1. The smallest absolute Gasteiger partial charge is 0.252 e. The molecule has 1 N–H and O–H groups in total. The first-order chi connectivity index (χ1) is 12.5. The molecule has 0 spiro atoms. The van der Waals surface area contributed by atoms with Crippen LogP contribution in [0.1, 0.15) is 43.1 Å². The predicted molar refractivity (Wildman–Crippen MR) is 100 cm³/mol. The van der Waals surface area contributed by atoms with Crippen molar-refractivity contribution in [2.45, 2.75) is 20.4 Å². The van der Waals surface area contributed by atoms with Gasteiger partial charge in [0.15, 0.2) is 5.78 Å². The van der Waals surface area contributed by atoms with Gasteiger partial charge in [-0.2, -0.15) is 5.10 Å². The zero-order valence-corrected chi connectivity index (χ0v) is 15.1. The number of hydrogen-bond donors (Lipinski definition) is 1. The largest absolute Gasteiger partial charge is 0.348 e. The number of rotatable bonds is 5. The summed E-state index contributed by atoms with van der Waals surface area (Å²) in [6.07, 6.45) is 1.87. The molecule has 0 saturated carbocycles. The van der Waals surface area contributed by atoms with E-state index in [-0.39, 0.29) is 11.7 Å². The number of carbonyl (C=O) groups excluding carboxylic acids is 2. The van der Waals surface area contributed by atoms with Crippen molar-refractivity contribution in [1.29, 1.82) is 0 Å². The maximum Gasteiger partial charge on any atom is 0.252 e. The van der Waals surface area contributed by atoms with Crippen molar-refractivity contribution in [2.24, 2.45) is 7.05 Å². The number of ketones is 1. The Balaban J connectivity index is 1.82. The van der Waals surface area contributed by atoms with E-state index in [1.165, 1.54) is 0 Å². The van der Waals surface area contributed by atoms with Gasteiger partial charge >= 0.3 is 0 Å². The molecular formula is C21H21N3O2. The number of nitrogens with zero attached hydrogens (tertiary/aromatic N) is 2. The number of benzene rings is 2. The molecule has 0 atom stereocenters. The van der Waals surface area contributed by atoms with Crippen molar-refractivity contribution in [1.82, 2.24) is 15.1 Å². The van der Waals surface area contributed by atoms with Crippen LogP contribution in [0, 0.1) is 13.8 Å². The number of carbonyl (C=O) groups is 2. The van der Waals surface area contributed by atoms with Crippen LogP contribution in [-0.2, 0) is 13.6 Å². The summed E-state index contributed by atoms with van der Waals surface area (Å²) in [6.45, 7) is 4.23. The van der Waals surface area contributed by atoms with Gasteiger partial charge in [-0.05, 0) is 19.9 Å². The van der Waals surface area contributed by atoms with Gasteiger partial charge in [-0.3, -0.25) is 14.3 Å². The minimum atomic E-state index is -0.274. The molecule has 5 heteroatoms. The Morgan fingerprint density at radius 1 is 1.00 bits per heavy atom. The van der Waals surface area contributed by atoms with Crippen LogP contribution < -0.4 is 5.32 Å². The molecule has 1 amide bonds. The maximum absolute atomic E-state index is 12.8. The lowest BCUT2D eigenvalue weighted by atomic mass is 9.97. The van der Waals surface area contributed by atoms with Crippen molar-refractivity contribution >= 4 is 11.7 Å². The van der Waals surface area contributed by atoms with E-state index in [2.05, 4.69) is 10.4 Å². The second-order valence-corrected chi connectivity index (χ2v) is 6.34. The van der Waals surface area contributed by atoms with E-state index < -0.39 is 0 Å². The molecule has 0 aliphatic carbocycles. The van der Waals surface area contributed by atoms with E-state index in [0.717, 1.165) is 16.8 Å². The third-order valence-electron chi connectivity index (χ3n) is 4.28. The van der Waals surface area contributed by atoms with Gasteiger partial charge in [0.2, 0.25) is 0 Å². The molecule has 0 fully saturated rings. The molecule has 0 radical (unpaired) electrons. The summed E-state index contributed by atoms with van der Waals surface area (Å²) in [5.74, 6) is -0.433. The van der Waals surface area contributed by atoms with Crippen LogP contribution in [-0.4, -0.2) is 21.5 Å². The molecule has 0 aliphatic heterocycles. The highest BCUT2D eigenvalue weighted by Gasteiger charge is 2.18. The Labute approximate surface area is 152 Å². The van der Waals surface area contributed by atoms with Gasteiger partial charge in [0, 0.05) is 36.5 Å². The number of aryl methyl sites for hydroxylation is 3. The van der Waals surface area contributed by atoms with Gasteiger partial charge < -0.3 is 5.32 Å². The third kappa shape index (κ3) is 3.72. The summed E-state index contributed by atoms with van der Waals surface area (Å²) in [5.41, 5.74) is 4.25. The van der Waals surface area contributed by atoms with Gasteiger partial charge in [-0.1, -0.05) is 48.0 Å². The standard InChI is InChI=1S/C21H21N3O2/c1-14-8-10-16(11-9-14)20(25)18-6-4-5-7-19(18)21(26)22-12-17-13-24(3)23-15(17)2/h4-11,13H,12H2,1-3H3,(H,22,26). The summed E-state index contributed by atoms with van der Waals surface area (Å²) in [7, 11) is 1.84. The monoisotopic (exact) mass is 347 g/mol. The van der Waals surface area contributed by atoms with Crippen molar-refractivity contribution in [3.8, 4) is 0 Å². The van der Waals surface area contributed by atoms with E-state index in [4.69, 9.17) is 0 Å². The first-order valence-electron chi connectivity index (χ1n) is 8.43. The van der Waals surface area contributed by atoms with Crippen molar-refractivity contribution in [2.75, 3.05) is 0 Å². The molecular weight excluding hydrogens is 326 g/mol. The summed E-state index contributed by atoms with van der Waals surface area (Å²) in [6, 6.07) is 14.2. The van der Waals surface area contributed by atoms with Gasteiger partial charge in [0.05, 0.1) is 11.3 Å². The Hall–Kier alpha value is -3.21. The van der Waals surface area contributed by atoms with Gasteiger partial charge in [0.25, 0.3) is 5.91 Å². The Kier molecular flexibility index (Phi) is 4.98. The van der Waals surface area contributed by atoms with E-state index in [0.29, 0.717) is 23.2 Å². The predicted octanol–water partition coefficient (Wildman–Crippen LogP) is 3.20. The number of hydrogen-bond acceptors (Lipinski definition) is 3. The molecule has 1 heterocycles. The molecule has 1 aromatic heterocycles. The Bertz CT molecular complexity index is 956. The van der Waals surface area contributed by atoms with Crippen molar-refractivity contribution < 1.29 is 9.59 Å². The SMILES string of the molecule is Cc1ccc(C(=O)c2ccccc2C(=O)NCc2cn(C)nc2C)cc1. The van der Waals surface area contributed by atoms with Crippen LogP contribution in [0.5, 0.6) is 0 Å². The zero-order chi connectivity index (χ0) is 18.7. The lowest BCUT2D eigenvalue weighted by Gasteiger charge is -2.10. The Morgan fingerprint density at radius 2 is 1.65 bits per heavy atom. The molecule has 2 aromatic carbocycles.